The molecule has 2 aliphatic heterocycles. The van der Waals surface area contributed by atoms with E-state index in [0.29, 0.717) is 5.71 Å². The normalized spacial score (nSPS) is 23.4. The number of quaternary nitrogens is 1. The third-order valence-electron chi connectivity index (χ3n) is 5.16. The average Bonchev–Trinajstić information content (AvgIpc) is 2.68. The summed E-state index contributed by atoms with van der Waals surface area (Å²) < 4.78 is 5.31. The number of likely N-dealkylation sites (tertiary alicyclic amines) is 1. The first-order valence-electron chi connectivity index (χ1n) is 9.91. The maximum atomic E-state index is 7.93. The quantitative estimate of drug-likeness (QED) is 0.675. The second-order valence-corrected chi connectivity index (χ2v) is 7.38. The molecule has 7 nitrogen and oxygen atoms in total. The van der Waals surface area contributed by atoms with Gasteiger partial charge in [0.25, 0.3) is 0 Å². The van der Waals surface area contributed by atoms with Gasteiger partial charge in [-0.1, -0.05) is 6.92 Å². The molecule has 0 aliphatic carbocycles. The average molecular weight is 384 g/mol. The van der Waals surface area contributed by atoms with Crippen molar-refractivity contribution in [3.8, 4) is 5.75 Å². The third-order valence-corrected chi connectivity index (χ3v) is 5.16. The molecule has 7 heteroatoms. The summed E-state index contributed by atoms with van der Waals surface area (Å²) in [4.78, 5) is 7.34. The fraction of sp³-hybridized carbons (Fsp3) is 0.476. The van der Waals surface area contributed by atoms with E-state index in [1.807, 2.05) is 36.5 Å². The molecule has 1 fully saturated rings. The summed E-state index contributed by atoms with van der Waals surface area (Å²) in [7, 11) is 1.67. The number of benzene rings is 1. The summed E-state index contributed by atoms with van der Waals surface area (Å²) in [5, 5.41) is 14.6. The number of nitrogens with one attached hydrogen (secondary N) is 2. The second kappa shape index (κ2) is 9.12. The zero-order valence-corrected chi connectivity index (χ0v) is 17.2. The van der Waals surface area contributed by atoms with E-state index in [0.717, 1.165) is 60.3 Å². The predicted octanol–water partition coefficient (Wildman–Crippen LogP) is 1.64. The van der Waals surface area contributed by atoms with E-state index in [9.17, 15) is 0 Å². The van der Waals surface area contributed by atoms with E-state index in [1.165, 1.54) is 6.42 Å². The molecule has 2 heterocycles. The second-order valence-electron chi connectivity index (χ2n) is 7.38. The van der Waals surface area contributed by atoms with Crippen LogP contribution in [0.5, 0.6) is 5.75 Å². The third kappa shape index (κ3) is 4.85. The molecule has 1 atom stereocenters. The van der Waals surface area contributed by atoms with Crippen LogP contribution in [0.15, 0.2) is 40.1 Å². The molecule has 28 heavy (non-hydrogen) atoms. The van der Waals surface area contributed by atoms with Gasteiger partial charge in [0.15, 0.2) is 11.4 Å². The highest BCUT2D eigenvalue weighted by atomic mass is 16.5. The maximum absolute atomic E-state index is 7.93. The number of nitrogens with zero attached hydrogens (tertiary/aromatic N) is 3. The number of hydrazone groups is 1. The summed E-state index contributed by atoms with van der Waals surface area (Å²) in [5.41, 5.74) is 7.44. The lowest BCUT2D eigenvalue weighted by Crippen LogP contribution is -2.92. The summed E-state index contributed by atoms with van der Waals surface area (Å²) in [5.74, 6) is 1.59. The minimum Gasteiger partial charge on any atom is -0.497 e. The van der Waals surface area contributed by atoms with E-state index in [4.69, 9.17) is 15.1 Å². The van der Waals surface area contributed by atoms with Gasteiger partial charge in [0.05, 0.1) is 13.2 Å². The molecule has 1 aromatic rings. The number of nitrogens with two attached hydrogens (primary N) is 1. The van der Waals surface area contributed by atoms with Crippen LogP contribution in [0.1, 0.15) is 37.8 Å². The Hall–Kier alpha value is -2.51. The standard InChI is InChI=1S/C21H30N6O/c1-5-27-10-6-7-16(13-27)23-21-24-19(12-15(3)22)20(25-26-21)18-9-8-17(28-4)11-14(18)2/h8-9,11-12,16,22H,5-7,10,13H2,1-4H3,(H2,23,24,26)/p+1/b19-12-,22-15?. The van der Waals surface area contributed by atoms with Gasteiger partial charge >= 0.3 is 5.96 Å². The van der Waals surface area contributed by atoms with Crippen molar-refractivity contribution in [2.24, 2.45) is 10.1 Å². The van der Waals surface area contributed by atoms with E-state index in [1.54, 1.807) is 14.0 Å². The van der Waals surface area contributed by atoms with Gasteiger partial charge in [-0.05, 0) is 63.5 Å². The van der Waals surface area contributed by atoms with Crippen molar-refractivity contribution < 1.29 is 10.1 Å². The first-order valence-corrected chi connectivity index (χ1v) is 9.91. The van der Waals surface area contributed by atoms with Crippen molar-refractivity contribution in [2.75, 3.05) is 26.7 Å². The first-order chi connectivity index (χ1) is 13.5. The molecule has 0 bridgehead atoms. The molecule has 3 rings (SSSR count). The Morgan fingerprint density at radius 3 is 3.00 bits per heavy atom. The van der Waals surface area contributed by atoms with Gasteiger partial charge in [0, 0.05) is 23.9 Å². The molecule has 0 saturated carbocycles. The Bertz CT molecular complexity index is 826. The molecule has 0 amide bonds. The van der Waals surface area contributed by atoms with Crippen molar-refractivity contribution in [3.05, 3.63) is 41.1 Å². The SMILES string of the molecule is CCN1CCCC(N=C2NN=C(c3ccc(OC)cc3C)/C(=C/C(C)=N)[NH2+]2)C1. The highest BCUT2D eigenvalue weighted by Gasteiger charge is 2.26. The van der Waals surface area contributed by atoms with E-state index >= 15 is 0 Å². The summed E-state index contributed by atoms with van der Waals surface area (Å²) in [6.45, 7) is 9.23. The highest BCUT2D eigenvalue weighted by molar-refractivity contribution is 6.15. The smallest absolute Gasteiger partial charge is 0.320 e. The van der Waals surface area contributed by atoms with Gasteiger partial charge in [-0.25, -0.2) is 15.7 Å². The van der Waals surface area contributed by atoms with E-state index in [-0.39, 0.29) is 6.04 Å². The molecule has 150 valence electrons. The maximum Gasteiger partial charge on any atom is 0.320 e. The van der Waals surface area contributed by atoms with Crippen LogP contribution in [0.25, 0.3) is 0 Å². The predicted molar refractivity (Wildman–Crippen MR) is 113 cm³/mol. The topological polar surface area (TPSA) is 89.7 Å². The summed E-state index contributed by atoms with van der Waals surface area (Å²) in [6, 6.07) is 6.23. The molecule has 0 aromatic heterocycles. The van der Waals surface area contributed by atoms with Gasteiger partial charge in [-0.3, -0.25) is 0 Å². The minimum atomic E-state index is 0.286. The highest BCUT2D eigenvalue weighted by Crippen LogP contribution is 2.19. The molecule has 2 aliphatic rings. The largest absolute Gasteiger partial charge is 0.497 e. The van der Waals surface area contributed by atoms with Crippen LogP contribution in [0.4, 0.5) is 0 Å². The van der Waals surface area contributed by atoms with Crippen molar-refractivity contribution in [3.63, 3.8) is 0 Å². The van der Waals surface area contributed by atoms with Crippen LogP contribution in [-0.4, -0.2) is 55.1 Å². The number of aliphatic imine (C=N–C) groups is 1. The fourth-order valence-corrected chi connectivity index (χ4v) is 3.70. The van der Waals surface area contributed by atoms with Crippen LogP contribution >= 0.6 is 0 Å². The molecule has 1 saturated heterocycles. The molecule has 0 spiro atoms. The number of rotatable bonds is 5. The number of likely N-dealkylation sites (N-methyl/N-ethyl adjacent to an activating group) is 1. The Morgan fingerprint density at radius 1 is 1.50 bits per heavy atom. The Morgan fingerprint density at radius 2 is 2.32 bits per heavy atom. The van der Waals surface area contributed by atoms with Crippen LogP contribution in [0.3, 0.4) is 0 Å². The van der Waals surface area contributed by atoms with Crippen LogP contribution in [-0.2, 0) is 0 Å². The minimum absolute atomic E-state index is 0.286. The molecule has 4 N–H and O–H groups in total. The monoisotopic (exact) mass is 383 g/mol. The zero-order valence-electron chi connectivity index (χ0n) is 17.2. The zero-order chi connectivity index (χ0) is 20.1. The van der Waals surface area contributed by atoms with Crippen molar-refractivity contribution in [2.45, 2.75) is 39.7 Å². The van der Waals surface area contributed by atoms with Crippen LogP contribution in [0.2, 0.25) is 0 Å². The number of guanidine groups is 1. The Balaban J connectivity index is 1.88. The first kappa shape index (κ1) is 20.2. The number of methoxy groups -OCH3 is 1. The van der Waals surface area contributed by atoms with Crippen molar-refractivity contribution in [1.29, 1.82) is 5.41 Å². The van der Waals surface area contributed by atoms with Gasteiger partial charge in [0.2, 0.25) is 0 Å². The number of aryl methyl sites for hydroxylation is 1. The number of piperidine rings is 1. The Kier molecular flexibility index (Phi) is 6.59. The molecular formula is C21H31N6O+. The lowest BCUT2D eigenvalue weighted by atomic mass is 10.0. The van der Waals surface area contributed by atoms with Gasteiger partial charge in [-0.15, -0.1) is 0 Å². The van der Waals surface area contributed by atoms with Gasteiger partial charge in [0.1, 0.15) is 5.75 Å². The summed E-state index contributed by atoms with van der Waals surface area (Å²) in [6.07, 6.45) is 4.13. The van der Waals surface area contributed by atoms with Gasteiger partial charge in [-0.2, -0.15) is 5.10 Å². The number of ether oxygens (including phenoxy) is 1. The van der Waals surface area contributed by atoms with Gasteiger partial charge < -0.3 is 15.0 Å². The van der Waals surface area contributed by atoms with E-state index in [2.05, 4.69) is 22.4 Å². The Labute approximate surface area is 167 Å². The van der Waals surface area contributed by atoms with Crippen molar-refractivity contribution in [1.82, 2.24) is 10.3 Å². The number of hydrogen-bond donors (Lipinski definition) is 3. The lowest BCUT2D eigenvalue weighted by Gasteiger charge is -2.29. The van der Waals surface area contributed by atoms with Crippen LogP contribution in [0, 0.1) is 12.3 Å². The number of allylic oxidation sites excluding steroid dienone is 2. The van der Waals surface area contributed by atoms with E-state index < -0.39 is 0 Å². The lowest BCUT2D eigenvalue weighted by molar-refractivity contribution is -0.481. The summed E-state index contributed by atoms with van der Waals surface area (Å²) >= 11 is 0. The fourth-order valence-electron chi connectivity index (χ4n) is 3.70. The molecule has 0 radical (unpaired) electrons. The van der Waals surface area contributed by atoms with Crippen LogP contribution < -0.4 is 15.5 Å². The molecule has 1 unspecified atom stereocenters. The molecular weight excluding hydrogens is 352 g/mol. The molecule has 1 aromatic carbocycles. The number of hydrogen-bond acceptors (Lipinski definition) is 5. The van der Waals surface area contributed by atoms with Crippen molar-refractivity contribution >= 4 is 17.4 Å².